The van der Waals surface area contributed by atoms with E-state index in [2.05, 4.69) is 0 Å². The van der Waals surface area contributed by atoms with Crippen LogP contribution >= 0.6 is 0 Å². The Kier molecular flexibility index (Phi) is 4.40. The second-order valence-electron chi connectivity index (χ2n) is 8.09. The third kappa shape index (κ3) is 3.19. The lowest BCUT2D eigenvalue weighted by Gasteiger charge is -2.25. The summed E-state index contributed by atoms with van der Waals surface area (Å²) in [4.78, 5) is 28.6. The van der Waals surface area contributed by atoms with Gasteiger partial charge in [0.05, 0.1) is 17.0 Å². The van der Waals surface area contributed by atoms with Crippen molar-refractivity contribution in [3.63, 3.8) is 0 Å². The van der Waals surface area contributed by atoms with Crippen molar-refractivity contribution in [3.8, 4) is 5.75 Å². The van der Waals surface area contributed by atoms with Gasteiger partial charge in [-0.2, -0.15) is 0 Å². The number of hydrogen-bond donors (Lipinski definition) is 1. The molecule has 31 heavy (non-hydrogen) atoms. The van der Waals surface area contributed by atoms with Gasteiger partial charge >= 0.3 is 0 Å². The molecule has 0 saturated heterocycles. The lowest BCUT2D eigenvalue weighted by molar-refractivity contribution is 0.0714. The highest BCUT2D eigenvalue weighted by molar-refractivity contribution is 5.99. The summed E-state index contributed by atoms with van der Waals surface area (Å²) in [6, 6.07) is 19.3. The van der Waals surface area contributed by atoms with Gasteiger partial charge in [-0.25, -0.2) is 0 Å². The van der Waals surface area contributed by atoms with E-state index >= 15 is 0 Å². The molecule has 0 saturated carbocycles. The number of benzene rings is 3. The topological polar surface area (TPSA) is 70.8 Å². The molecule has 1 aliphatic rings. The van der Waals surface area contributed by atoms with Gasteiger partial charge < -0.3 is 14.4 Å². The van der Waals surface area contributed by atoms with Crippen molar-refractivity contribution >= 4 is 16.9 Å². The van der Waals surface area contributed by atoms with Crippen LogP contribution in [0, 0.1) is 13.8 Å². The molecule has 1 aliphatic heterocycles. The Bertz CT molecular complexity index is 1390. The Morgan fingerprint density at radius 2 is 1.68 bits per heavy atom. The van der Waals surface area contributed by atoms with Crippen molar-refractivity contribution < 1.29 is 14.3 Å². The first-order chi connectivity index (χ1) is 14.9. The number of nitrogens with zero attached hydrogens (tertiary/aromatic N) is 1. The molecular weight excluding hydrogens is 390 g/mol. The van der Waals surface area contributed by atoms with Gasteiger partial charge in [-0.1, -0.05) is 53.6 Å². The fraction of sp³-hybridized carbons (Fsp3) is 0.154. The molecule has 0 spiro atoms. The molecule has 5 rings (SSSR count). The second-order valence-corrected chi connectivity index (χ2v) is 8.09. The lowest BCUT2D eigenvalue weighted by atomic mass is 9.97. The predicted octanol–water partition coefficient (Wildman–Crippen LogP) is 4.86. The Balaban J connectivity index is 1.73. The molecule has 4 aromatic rings. The van der Waals surface area contributed by atoms with Crippen LogP contribution in [0.3, 0.4) is 0 Å². The summed E-state index contributed by atoms with van der Waals surface area (Å²) in [5.74, 6) is -0.181. The van der Waals surface area contributed by atoms with Gasteiger partial charge in [-0.3, -0.25) is 9.59 Å². The van der Waals surface area contributed by atoms with Crippen LogP contribution in [0.4, 0.5) is 0 Å². The zero-order valence-corrected chi connectivity index (χ0v) is 17.3. The molecule has 1 amide bonds. The number of phenolic OH excluding ortho intramolecular Hbond substituents is 1. The monoisotopic (exact) mass is 411 g/mol. The van der Waals surface area contributed by atoms with Crippen LogP contribution in [0.15, 0.2) is 75.9 Å². The number of rotatable bonds is 3. The molecule has 5 nitrogen and oxygen atoms in total. The number of carbonyl (C=O) groups is 1. The van der Waals surface area contributed by atoms with Crippen LogP contribution < -0.4 is 5.43 Å². The molecule has 0 bridgehead atoms. The van der Waals surface area contributed by atoms with Crippen LogP contribution in [-0.2, 0) is 6.54 Å². The van der Waals surface area contributed by atoms with E-state index in [1.165, 1.54) is 0 Å². The lowest BCUT2D eigenvalue weighted by Crippen LogP contribution is -2.29. The van der Waals surface area contributed by atoms with E-state index in [1.54, 1.807) is 35.2 Å². The smallest absolute Gasteiger partial charge is 0.291 e. The third-order valence-electron chi connectivity index (χ3n) is 5.78. The summed E-state index contributed by atoms with van der Waals surface area (Å²) >= 11 is 0. The molecule has 5 heteroatoms. The fourth-order valence-electron chi connectivity index (χ4n) is 4.23. The highest BCUT2D eigenvalue weighted by Crippen LogP contribution is 2.39. The Morgan fingerprint density at radius 3 is 2.42 bits per heavy atom. The van der Waals surface area contributed by atoms with Gasteiger partial charge in [0.15, 0.2) is 5.43 Å². The van der Waals surface area contributed by atoms with Crippen LogP contribution in [0.1, 0.15) is 44.4 Å². The largest absolute Gasteiger partial charge is 0.508 e. The van der Waals surface area contributed by atoms with Crippen molar-refractivity contribution in [2.24, 2.45) is 0 Å². The molecule has 1 aromatic heterocycles. The molecule has 0 fully saturated rings. The minimum absolute atomic E-state index is 0.0711. The van der Waals surface area contributed by atoms with Crippen molar-refractivity contribution in [1.29, 1.82) is 0 Å². The quantitative estimate of drug-likeness (QED) is 0.523. The van der Waals surface area contributed by atoms with Gasteiger partial charge in [0.1, 0.15) is 11.3 Å². The van der Waals surface area contributed by atoms with E-state index in [4.69, 9.17) is 4.42 Å². The third-order valence-corrected chi connectivity index (χ3v) is 5.78. The summed E-state index contributed by atoms with van der Waals surface area (Å²) in [7, 11) is 0. The maximum Gasteiger partial charge on any atom is 0.291 e. The zero-order valence-electron chi connectivity index (χ0n) is 17.3. The molecular formula is C26H21NO4. The van der Waals surface area contributed by atoms with Gasteiger partial charge in [0.25, 0.3) is 5.91 Å². The number of aryl methyl sites for hydroxylation is 2. The Labute approximate surface area is 179 Å². The molecule has 0 aliphatic carbocycles. The average Bonchev–Trinajstić information content (AvgIpc) is 3.02. The maximum absolute atomic E-state index is 13.5. The molecule has 154 valence electrons. The maximum atomic E-state index is 13.5. The second kappa shape index (κ2) is 7.13. The van der Waals surface area contributed by atoms with Crippen LogP contribution in [0.25, 0.3) is 11.0 Å². The van der Waals surface area contributed by atoms with Gasteiger partial charge in [0, 0.05) is 6.54 Å². The highest BCUT2D eigenvalue weighted by atomic mass is 16.3. The molecule has 1 unspecified atom stereocenters. The van der Waals surface area contributed by atoms with E-state index in [9.17, 15) is 14.7 Å². The first-order valence-corrected chi connectivity index (χ1v) is 10.1. The Morgan fingerprint density at radius 1 is 0.935 bits per heavy atom. The molecule has 2 heterocycles. The summed E-state index contributed by atoms with van der Waals surface area (Å²) in [5, 5.41) is 10.5. The van der Waals surface area contributed by atoms with Crippen molar-refractivity contribution in [1.82, 2.24) is 4.90 Å². The minimum Gasteiger partial charge on any atom is -0.508 e. The van der Waals surface area contributed by atoms with Crippen LogP contribution in [0.2, 0.25) is 0 Å². The van der Waals surface area contributed by atoms with Crippen molar-refractivity contribution in [2.45, 2.75) is 26.4 Å². The Hall–Kier alpha value is -3.86. The van der Waals surface area contributed by atoms with E-state index in [-0.39, 0.29) is 22.8 Å². The fourth-order valence-corrected chi connectivity index (χ4v) is 4.23. The van der Waals surface area contributed by atoms with Gasteiger partial charge in [0.2, 0.25) is 5.76 Å². The highest BCUT2D eigenvalue weighted by Gasteiger charge is 2.42. The van der Waals surface area contributed by atoms with E-state index < -0.39 is 6.04 Å². The number of hydrogen-bond acceptors (Lipinski definition) is 4. The normalized spacial score (nSPS) is 15.5. The van der Waals surface area contributed by atoms with E-state index in [1.807, 2.05) is 50.2 Å². The number of aromatic hydroxyl groups is 1. The molecule has 3 aromatic carbocycles. The summed E-state index contributed by atoms with van der Waals surface area (Å²) in [6.45, 7) is 4.23. The van der Waals surface area contributed by atoms with Crippen molar-refractivity contribution in [2.75, 3.05) is 0 Å². The SMILES string of the molecule is Cc1ccc(CN2C(=O)c3oc4ccc(C)cc4c(=O)c3C2c2cccc(O)c2)cc1. The summed E-state index contributed by atoms with van der Waals surface area (Å²) in [6.07, 6.45) is 0. The van der Waals surface area contributed by atoms with Gasteiger partial charge in [-0.15, -0.1) is 0 Å². The zero-order chi connectivity index (χ0) is 21.7. The number of carbonyl (C=O) groups excluding carboxylic acids is 1. The number of fused-ring (bicyclic) bond motifs is 2. The predicted molar refractivity (Wildman–Crippen MR) is 118 cm³/mol. The van der Waals surface area contributed by atoms with Crippen molar-refractivity contribution in [3.05, 3.63) is 111 Å². The van der Waals surface area contributed by atoms with E-state index in [0.717, 1.165) is 16.7 Å². The molecule has 1 atom stereocenters. The first kappa shape index (κ1) is 19.1. The van der Waals surface area contributed by atoms with Crippen LogP contribution in [0.5, 0.6) is 5.75 Å². The number of phenols is 1. The van der Waals surface area contributed by atoms with Crippen LogP contribution in [-0.4, -0.2) is 15.9 Å². The van der Waals surface area contributed by atoms with Gasteiger partial charge in [-0.05, 0) is 49.2 Å². The molecule has 1 N–H and O–H groups in total. The molecule has 0 radical (unpaired) electrons. The summed E-state index contributed by atoms with van der Waals surface area (Å²) < 4.78 is 5.97. The standard InChI is InChI=1S/C26H21NO4/c1-15-6-9-17(10-7-15)14-27-23(18-4-3-5-19(28)13-18)22-24(29)20-12-16(2)8-11-21(20)31-25(22)26(27)30/h3-13,23,28H,14H2,1-2H3. The average molecular weight is 411 g/mol. The minimum atomic E-state index is -0.642. The number of amides is 1. The summed E-state index contributed by atoms with van der Waals surface area (Å²) in [5.41, 5.74) is 4.18. The first-order valence-electron chi connectivity index (χ1n) is 10.1. The van der Waals surface area contributed by atoms with E-state index in [0.29, 0.717) is 28.6 Å².